The number of amides is 1. The number of carbonyl (C=O) groups excluding carboxylic acids is 1. The Morgan fingerprint density at radius 2 is 2.25 bits per heavy atom. The van der Waals surface area contributed by atoms with E-state index in [4.69, 9.17) is 4.74 Å². The van der Waals surface area contributed by atoms with Gasteiger partial charge in [0, 0.05) is 18.8 Å². The van der Waals surface area contributed by atoms with Crippen molar-refractivity contribution in [3.63, 3.8) is 0 Å². The summed E-state index contributed by atoms with van der Waals surface area (Å²) in [5.41, 5.74) is 1.19. The van der Waals surface area contributed by atoms with Crippen molar-refractivity contribution in [2.24, 2.45) is 0 Å². The molecule has 5 nitrogen and oxygen atoms in total. The van der Waals surface area contributed by atoms with E-state index in [-0.39, 0.29) is 23.5 Å². The summed E-state index contributed by atoms with van der Waals surface area (Å²) in [6.45, 7) is 8.83. The monoisotopic (exact) mass is 277 g/mol. The van der Waals surface area contributed by atoms with Gasteiger partial charge >= 0.3 is 0 Å². The Morgan fingerprint density at radius 1 is 1.50 bits per heavy atom. The molecule has 1 fully saturated rings. The van der Waals surface area contributed by atoms with Gasteiger partial charge in [-0.2, -0.15) is 0 Å². The normalized spacial score (nSPS) is 21.8. The van der Waals surface area contributed by atoms with Gasteiger partial charge in [0.25, 0.3) is 5.91 Å². The maximum absolute atomic E-state index is 12.4. The Morgan fingerprint density at radius 3 is 2.90 bits per heavy atom. The van der Waals surface area contributed by atoms with Gasteiger partial charge in [-0.15, -0.1) is 0 Å². The standard InChI is InChI=1S/C15H23N3O2/c1-10(2)13-12(8-16-9-17-13)14(19)18-11-5-6-20-15(3,4)7-11/h8-11H,5-7H2,1-4H3,(H,18,19). The summed E-state index contributed by atoms with van der Waals surface area (Å²) in [5.74, 6) is 0.113. The van der Waals surface area contributed by atoms with E-state index < -0.39 is 0 Å². The molecule has 0 aliphatic carbocycles. The summed E-state index contributed by atoms with van der Waals surface area (Å²) >= 11 is 0. The number of hydrogen-bond donors (Lipinski definition) is 1. The van der Waals surface area contributed by atoms with Gasteiger partial charge in [-0.1, -0.05) is 13.8 Å². The van der Waals surface area contributed by atoms with Crippen molar-refractivity contribution < 1.29 is 9.53 Å². The molecule has 1 aliphatic rings. The molecule has 110 valence electrons. The van der Waals surface area contributed by atoms with E-state index in [1.807, 2.05) is 13.8 Å². The van der Waals surface area contributed by atoms with Gasteiger partial charge in [0.1, 0.15) is 6.33 Å². The van der Waals surface area contributed by atoms with Crippen LogP contribution in [-0.4, -0.2) is 34.1 Å². The molecule has 1 unspecified atom stereocenters. The zero-order valence-corrected chi connectivity index (χ0v) is 12.6. The third-order valence-corrected chi connectivity index (χ3v) is 3.57. The van der Waals surface area contributed by atoms with Crippen molar-refractivity contribution in [3.05, 3.63) is 23.8 Å². The predicted octanol–water partition coefficient (Wildman–Crippen LogP) is 2.29. The lowest BCUT2D eigenvalue weighted by molar-refractivity contribution is -0.0615. The van der Waals surface area contributed by atoms with Gasteiger partial charge < -0.3 is 10.1 Å². The molecule has 20 heavy (non-hydrogen) atoms. The highest BCUT2D eigenvalue weighted by Gasteiger charge is 2.30. The minimum Gasteiger partial charge on any atom is -0.375 e. The summed E-state index contributed by atoms with van der Waals surface area (Å²) in [7, 11) is 0. The SMILES string of the molecule is CC(C)c1ncncc1C(=O)NC1CCOC(C)(C)C1. The van der Waals surface area contributed by atoms with Crippen LogP contribution in [0.1, 0.15) is 62.5 Å². The van der Waals surface area contributed by atoms with Gasteiger partial charge in [0.2, 0.25) is 0 Å². The summed E-state index contributed by atoms with van der Waals surface area (Å²) in [6.07, 6.45) is 4.76. The molecule has 2 rings (SSSR count). The average Bonchev–Trinajstić information content (AvgIpc) is 2.37. The molecular formula is C15H23N3O2. The molecule has 1 aliphatic heterocycles. The molecule has 1 saturated heterocycles. The van der Waals surface area contributed by atoms with Crippen LogP contribution in [0, 0.1) is 0 Å². The van der Waals surface area contributed by atoms with Crippen molar-refractivity contribution in [1.29, 1.82) is 0 Å². The van der Waals surface area contributed by atoms with E-state index in [0.29, 0.717) is 12.2 Å². The minimum absolute atomic E-state index is 0.0861. The fourth-order valence-electron chi connectivity index (χ4n) is 2.59. The summed E-state index contributed by atoms with van der Waals surface area (Å²) in [6, 6.07) is 0.145. The molecule has 2 heterocycles. The van der Waals surface area contributed by atoms with Crippen LogP contribution in [0.3, 0.4) is 0 Å². The number of carbonyl (C=O) groups is 1. The van der Waals surface area contributed by atoms with Crippen LogP contribution in [0.5, 0.6) is 0 Å². The molecule has 1 atom stereocenters. The first-order valence-electron chi connectivity index (χ1n) is 7.14. The number of aromatic nitrogens is 2. The zero-order chi connectivity index (χ0) is 14.8. The Hall–Kier alpha value is -1.49. The van der Waals surface area contributed by atoms with Crippen LogP contribution >= 0.6 is 0 Å². The van der Waals surface area contributed by atoms with Crippen LogP contribution in [0.2, 0.25) is 0 Å². The van der Waals surface area contributed by atoms with Crippen LogP contribution < -0.4 is 5.32 Å². The third kappa shape index (κ3) is 3.54. The van der Waals surface area contributed by atoms with E-state index in [1.54, 1.807) is 6.20 Å². The molecule has 0 spiro atoms. The molecule has 1 N–H and O–H groups in total. The fourth-order valence-corrected chi connectivity index (χ4v) is 2.59. The molecule has 1 aromatic rings. The van der Waals surface area contributed by atoms with E-state index in [2.05, 4.69) is 29.1 Å². The molecule has 0 saturated carbocycles. The lowest BCUT2D eigenvalue weighted by Crippen LogP contribution is -2.46. The summed E-state index contributed by atoms with van der Waals surface area (Å²) < 4.78 is 5.67. The molecular weight excluding hydrogens is 254 g/mol. The molecule has 1 amide bonds. The summed E-state index contributed by atoms with van der Waals surface area (Å²) in [4.78, 5) is 20.6. The predicted molar refractivity (Wildman–Crippen MR) is 76.6 cm³/mol. The molecule has 0 aromatic carbocycles. The molecule has 1 aromatic heterocycles. The second-order valence-electron chi connectivity index (χ2n) is 6.25. The number of rotatable bonds is 3. The lowest BCUT2D eigenvalue weighted by Gasteiger charge is -2.35. The maximum atomic E-state index is 12.4. The van der Waals surface area contributed by atoms with E-state index in [1.165, 1.54) is 6.33 Å². The van der Waals surface area contributed by atoms with Crippen molar-refractivity contribution in [3.8, 4) is 0 Å². The van der Waals surface area contributed by atoms with Crippen molar-refractivity contribution in [2.75, 3.05) is 6.61 Å². The van der Waals surface area contributed by atoms with E-state index in [0.717, 1.165) is 18.5 Å². The maximum Gasteiger partial charge on any atom is 0.254 e. The molecule has 5 heteroatoms. The third-order valence-electron chi connectivity index (χ3n) is 3.57. The first-order chi connectivity index (χ1) is 9.39. The number of nitrogens with zero attached hydrogens (tertiary/aromatic N) is 2. The van der Waals surface area contributed by atoms with E-state index >= 15 is 0 Å². The smallest absolute Gasteiger partial charge is 0.254 e. The van der Waals surface area contributed by atoms with Gasteiger partial charge in [0.15, 0.2) is 0 Å². The van der Waals surface area contributed by atoms with Gasteiger partial charge in [0.05, 0.1) is 16.9 Å². The van der Waals surface area contributed by atoms with Crippen molar-refractivity contribution in [2.45, 2.75) is 58.1 Å². The second kappa shape index (κ2) is 5.87. The lowest BCUT2D eigenvalue weighted by atomic mass is 9.93. The van der Waals surface area contributed by atoms with Crippen LogP contribution in [0.4, 0.5) is 0 Å². The first-order valence-corrected chi connectivity index (χ1v) is 7.14. The number of hydrogen-bond acceptors (Lipinski definition) is 4. The average molecular weight is 277 g/mol. The van der Waals surface area contributed by atoms with E-state index in [9.17, 15) is 4.79 Å². The molecule has 0 bridgehead atoms. The van der Waals surface area contributed by atoms with Crippen LogP contribution in [0.25, 0.3) is 0 Å². The quantitative estimate of drug-likeness (QED) is 0.920. The van der Waals surface area contributed by atoms with Crippen LogP contribution in [0.15, 0.2) is 12.5 Å². The fraction of sp³-hybridized carbons (Fsp3) is 0.667. The molecule has 0 radical (unpaired) electrons. The van der Waals surface area contributed by atoms with Crippen LogP contribution in [-0.2, 0) is 4.74 Å². The highest BCUT2D eigenvalue weighted by molar-refractivity contribution is 5.95. The van der Waals surface area contributed by atoms with Crippen molar-refractivity contribution in [1.82, 2.24) is 15.3 Å². The topological polar surface area (TPSA) is 64.1 Å². The Kier molecular flexibility index (Phi) is 4.38. The largest absolute Gasteiger partial charge is 0.375 e. The highest BCUT2D eigenvalue weighted by Crippen LogP contribution is 2.24. The second-order valence-corrected chi connectivity index (χ2v) is 6.25. The minimum atomic E-state index is -0.176. The Labute approximate surface area is 120 Å². The van der Waals surface area contributed by atoms with Gasteiger partial charge in [-0.25, -0.2) is 9.97 Å². The first kappa shape index (κ1) is 14.9. The number of nitrogens with one attached hydrogen (secondary N) is 1. The highest BCUT2D eigenvalue weighted by atomic mass is 16.5. The zero-order valence-electron chi connectivity index (χ0n) is 12.6. The Bertz CT molecular complexity index is 486. The summed E-state index contributed by atoms with van der Waals surface area (Å²) in [5, 5.41) is 3.09. The van der Waals surface area contributed by atoms with Crippen molar-refractivity contribution >= 4 is 5.91 Å². The Balaban J connectivity index is 2.09. The number of ether oxygens (including phenoxy) is 1. The van der Waals surface area contributed by atoms with Gasteiger partial charge in [-0.3, -0.25) is 4.79 Å². The van der Waals surface area contributed by atoms with Gasteiger partial charge in [-0.05, 0) is 32.6 Å².